The van der Waals surface area contributed by atoms with Crippen molar-refractivity contribution in [2.45, 2.75) is 38.0 Å². The van der Waals surface area contributed by atoms with E-state index in [9.17, 15) is 24.3 Å². The van der Waals surface area contributed by atoms with Crippen LogP contribution < -0.4 is 21.3 Å². The Morgan fingerprint density at radius 2 is 1.73 bits per heavy atom. The second kappa shape index (κ2) is 14.1. The molecule has 5 N–H and O–H groups in total. The van der Waals surface area contributed by atoms with Gasteiger partial charge in [-0.3, -0.25) is 14.4 Å². The van der Waals surface area contributed by atoms with Crippen LogP contribution in [0.1, 0.15) is 24.0 Å². The van der Waals surface area contributed by atoms with Gasteiger partial charge < -0.3 is 31.1 Å². The molecule has 1 heterocycles. The van der Waals surface area contributed by atoms with E-state index in [1.807, 2.05) is 72.8 Å². The van der Waals surface area contributed by atoms with Gasteiger partial charge in [-0.15, -0.1) is 0 Å². The van der Waals surface area contributed by atoms with Crippen LogP contribution >= 0.6 is 0 Å². The summed E-state index contributed by atoms with van der Waals surface area (Å²) in [7, 11) is 0. The lowest BCUT2D eigenvalue weighted by molar-refractivity contribution is -0.128. The van der Waals surface area contributed by atoms with Crippen LogP contribution in [0.5, 0.6) is 0 Å². The molecule has 40 heavy (non-hydrogen) atoms. The van der Waals surface area contributed by atoms with Crippen LogP contribution in [0.3, 0.4) is 0 Å². The highest BCUT2D eigenvalue weighted by molar-refractivity contribution is 5.91. The smallest absolute Gasteiger partial charge is 0.408 e. The largest absolute Gasteiger partial charge is 0.445 e. The highest BCUT2D eigenvalue weighted by atomic mass is 16.5. The minimum absolute atomic E-state index is 0.0409. The van der Waals surface area contributed by atoms with Crippen molar-refractivity contribution in [3.63, 3.8) is 0 Å². The van der Waals surface area contributed by atoms with Gasteiger partial charge in [0, 0.05) is 18.9 Å². The monoisotopic (exact) mass is 546 g/mol. The fourth-order valence-electron chi connectivity index (χ4n) is 4.77. The Bertz CT molecular complexity index is 1330. The predicted molar refractivity (Wildman–Crippen MR) is 149 cm³/mol. The van der Waals surface area contributed by atoms with Crippen LogP contribution in [-0.4, -0.2) is 60.7 Å². The molecule has 10 nitrogen and oxygen atoms in total. The van der Waals surface area contributed by atoms with Gasteiger partial charge in [0.05, 0.1) is 19.2 Å². The molecule has 3 aromatic carbocycles. The number of fused-ring (bicyclic) bond motifs is 1. The van der Waals surface area contributed by atoms with E-state index in [-0.39, 0.29) is 38.0 Å². The van der Waals surface area contributed by atoms with Gasteiger partial charge in [0.1, 0.15) is 12.6 Å². The molecule has 0 radical (unpaired) electrons. The average molecular weight is 547 g/mol. The minimum Gasteiger partial charge on any atom is -0.445 e. The summed E-state index contributed by atoms with van der Waals surface area (Å²) in [5.74, 6) is -1.44. The quantitative estimate of drug-likeness (QED) is 0.234. The number of aliphatic hydroxyl groups excluding tert-OH is 1. The zero-order valence-corrected chi connectivity index (χ0v) is 22.1. The molecule has 1 fully saturated rings. The maximum Gasteiger partial charge on any atom is 0.408 e. The molecule has 3 aromatic rings. The summed E-state index contributed by atoms with van der Waals surface area (Å²) in [4.78, 5) is 50.3. The fraction of sp³-hybridized carbons (Fsp3) is 0.333. The first-order valence-corrected chi connectivity index (χ1v) is 13.3. The Labute approximate surface area is 232 Å². The topological polar surface area (TPSA) is 146 Å². The molecule has 0 saturated carbocycles. The number of benzene rings is 3. The van der Waals surface area contributed by atoms with Gasteiger partial charge in [-0.05, 0) is 34.7 Å². The molecule has 0 spiro atoms. The summed E-state index contributed by atoms with van der Waals surface area (Å²) in [5, 5.41) is 22.2. The maximum atomic E-state index is 13.2. The second-order valence-electron chi connectivity index (χ2n) is 9.78. The van der Waals surface area contributed by atoms with Gasteiger partial charge in [-0.1, -0.05) is 72.8 Å². The number of hydrogen-bond acceptors (Lipinski definition) is 6. The molecule has 0 bridgehead atoms. The number of alkyl carbamates (subject to hydrolysis) is 1. The van der Waals surface area contributed by atoms with Crippen LogP contribution in [0, 0.1) is 5.92 Å². The molecular formula is C30H34N4O6. The molecule has 10 heteroatoms. The van der Waals surface area contributed by atoms with Crippen molar-refractivity contribution in [1.29, 1.82) is 0 Å². The summed E-state index contributed by atoms with van der Waals surface area (Å²) in [6.07, 6.45) is 0.360. The lowest BCUT2D eigenvalue weighted by Crippen LogP contribution is -2.51. The van der Waals surface area contributed by atoms with Gasteiger partial charge in [0.25, 0.3) is 0 Å². The van der Waals surface area contributed by atoms with E-state index in [4.69, 9.17) is 4.74 Å². The number of rotatable bonds is 12. The van der Waals surface area contributed by atoms with Gasteiger partial charge in [0.2, 0.25) is 17.7 Å². The van der Waals surface area contributed by atoms with E-state index in [1.54, 1.807) is 0 Å². The Balaban J connectivity index is 1.39. The van der Waals surface area contributed by atoms with Crippen molar-refractivity contribution < 1.29 is 29.0 Å². The van der Waals surface area contributed by atoms with Crippen LogP contribution in [-0.2, 0) is 32.1 Å². The molecule has 4 amide bonds. The summed E-state index contributed by atoms with van der Waals surface area (Å²) in [6.45, 7) is -0.0786. The number of nitrogens with one attached hydrogen (secondary N) is 4. The summed E-state index contributed by atoms with van der Waals surface area (Å²) < 4.78 is 5.33. The number of carbonyl (C=O) groups excluding carboxylic acids is 4. The number of aliphatic hydroxyl groups is 1. The maximum absolute atomic E-state index is 13.2. The van der Waals surface area contributed by atoms with Crippen LogP contribution in [0.4, 0.5) is 4.79 Å². The lowest BCUT2D eigenvalue weighted by Gasteiger charge is -2.21. The first kappa shape index (κ1) is 28.6. The number of ether oxygens (including phenoxy) is 1. The molecule has 1 saturated heterocycles. The van der Waals surface area contributed by atoms with E-state index >= 15 is 0 Å². The second-order valence-corrected chi connectivity index (χ2v) is 9.78. The van der Waals surface area contributed by atoms with Gasteiger partial charge >= 0.3 is 6.09 Å². The van der Waals surface area contributed by atoms with E-state index in [0.29, 0.717) is 19.4 Å². The summed E-state index contributed by atoms with van der Waals surface area (Å²) in [6, 6.07) is 21.0. The van der Waals surface area contributed by atoms with Crippen molar-refractivity contribution in [2.75, 3.05) is 19.7 Å². The molecule has 3 atom stereocenters. The van der Waals surface area contributed by atoms with Crippen molar-refractivity contribution in [3.05, 3.63) is 83.9 Å². The lowest BCUT2D eigenvalue weighted by atomic mass is 9.98. The van der Waals surface area contributed by atoms with Crippen molar-refractivity contribution in [1.82, 2.24) is 21.3 Å². The third-order valence-electron chi connectivity index (χ3n) is 6.87. The van der Waals surface area contributed by atoms with Gasteiger partial charge in [-0.2, -0.15) is 0 Å². The Morgan fingerprint density at radius 1 is 0.975 bits per heavy atom. The number of hydrogen-bond donors (Lipinski definition) is 5. The molecule has 210 valence electrons. The average Bonchev–Trinajstić information content (AvgIpc) is 3.38. The normalized spacial score (nSPS) is 16.0. The van der Waals surface area contributed by atoms with Crippen LogP contribution in [0.25, 0.3) is 10.8 Å². The molecule has 1 aliphatic heterocycles. The van der Waals surface area contributed by atoms with E-state index in [2.05, 4.69) is 21.3 Å². The van der Waals surface area contributed by atoms with Crippen molar-refractivity contribution in [3.8, 4) is 0 Å². The Kier molecular flexibility index (Phi) is 10.1. The van der Waals surface area contributed by atoms with Crippen LogP contribution in [0.15, 0.2) is 72.8 Å². The van der Waals surface area contributed by atoms with E-state index in [0.717, 1.165) is 21.9 Å². The minimum atomic E-state index is -1.02. The first-order valence-electron chi connectivity index (χ1n) is 13.3. The third-order valence-corrected chi connectivity index (χ3v) is 6.87. The Hall–Kier alpha value is -4.44. The van der Waals surface area contributed by atoms with Crippen LogP contribution in [0.2, 0.25) is 0 Å². The van der Waals surface area contributed by atoms with Crippen molar-refractivity contribution in [2.24, 2.45) is 5.92 Å². The summed E-state index contributed by atoms with van der Waals surface area (Å²) >= 11 is 0. The zero-order chi connectivity index (χ0) is 28.3. The fourth-order valence-corrected chi connectivity index (χ4v) is 4.77. The zero-order valence-electron chi connectivity index (χ0n) is 22.1. The number of carbonyl (C=O) groups is 4. The van der Waals surface area contributed by atoms with E-state index in [1.165, 1.54) is 0 Å². The first-order chi connectivity index (χ1) is 19.4. The highest BCUT2D eigenvalue weighted by Gasteiger charge is 2.28. The molecule has 0 aliphatic carbocycles. The van der Waals surface area contributed by atoms with E-state index < -0.39 is 30.0 Å². The van der Waals surface area contributed by atoms with Gasteiger partial charge in [-0.25, -0.2) is 4.79 Å². The van der Waals surface area contributed by atoms with Crippen molar-refractivity contribution >= 4 is 34.6 Å². The molecule has 1 aliphatic rings. The highest BCUT2D eigenvalue weighted by Crippen LogP contribution is 2.20. The predicted octanol–water partition coefficient (Wildman–Crippen LogP) is 1.80. The molecule has 0 aromatic heterocycles. The molecular weight excluding hydrogens is 512 g/mol. The summed E-state index contributed by atoms with van der Waals surface area (Å²) in [5.41, 5.74) is 1.65. The third kappa shape index (κ3) is 8.03. The molecule has 3 unspecified atom stereocenters. The SMILES string of the molecule is O=C(CNC(=O)C(Cc1cccc2ccccc12)NC(=O)OCc1ccccc1)NC(CO)CC1CCNC1=O. The van der Waals surface area contributed by atoms with Gasteiger partial charge in [0.15, 0.2) is 0 Å². The Morgan fingerprint density at radius 3 is 2.48 bits per heavy atom. The number of amides is 4. The standard InChI is InChI=1S/C30H34N4O6/c35-18-24(15-23-13-14-31-28(23)37)33-27(36)17-32-29(38)26(34-30(39)40-19-20-7-2-1-3-8-20)16-22-11-6-10-21-9-4-5-12-25(21)22/h1-12,23-24,26,35H,13-19H2,(H,31,37)(H,32,38)(H,33,36)(H,34,39). The molecule has 4 rings (SSSR count).